The maximum absolute atomic E-state index is 14.5. The van der Waals surface area contributed by atoms with E-state index in [-0.39, 0.29) is 18.0 Å². The molecule has 0 saturated heterocycles. The molecule has 0 N–H and O–H groups in total. The molecular formula is C32H38N4O3. The first-order chi connectivity index (χ1) is 18.7. The molecule has 0 bridgehead atoms. The monoisotopic (exact) mass is 526 g/mol. The van der Waals surface area contributed by atoms with E-state index >= 15 is 0 Å². The molecule has 204 valence electrons. The van der Waals surface area contributed by atoms with E-state index in [4.69, 9.17) is 4.74 Å². The van der Waals surface area contributed by atoms with Gasteiger partial charge in [0.1, 0.15) is 5.60 Å². The Morgan fingerprint density at radius 1 is 1.08 bits per heavy atom. The van der Waals surface area contributed by atoms with Crippen LogP contribution < -0.4 is 0 Å². The van der Waals surface area contributed by atoms with Crippen LogP contribution in [0.4, 0.5) is 4.79 Å². The van der Waals surface area contributed by atoms with Crippen molar-refractivity contribution in [2.75, 3.05) is 0 Å². The van der Waals surface area contributed by atoms with E-state index in [1.54, 1.807) is 6.20 Å². The highest BCUT2D eigenvalue weighted by molar-refractivity contribution is 6.00. The normalized spacial score (nSPS) is 18.4. The Balaban J connectivity index is 1.29. The second-order valence-electron chi connectivity index (χ2n) is 12.2. The molecule has 3 aromatic rings. The van der Waals surface area contributed by atoms with Gasteiger partial charge >= 0.3 is 6.09 Å². The Kier molecular flexibility index (Phi) is 6.48. The van der Waals surface area contributed by atoms with E-state index in [0.717, 1.165) is 73.1 Å². The molecule has 1 unspecified atom stereocenters. The summed E-state index contributed by atoms with van der Waals surface area (Å²) in [5.74, 6) is 0.151. The number of ether oxygens (including phenoxy) is 1. The van der Waals surface area contributed by atoms with Crippen molar-refractivity contribution in [3.8, 4) is 0 Å². The number of hydrogen-bond acceptors (Lipinski definition) is 4. The quantitative estimate of drug-likeness (QED) is 0.412. The molecule has 0 aliphatic heterocycles. The summed E-state index contributed by atoms with van der Waals surface area (Å²) in [7, 11) is 0. The van der Waals surface area contributed by atoms with Crippen LogP contribution in [0, 0.1) is 6.92 Å². The van der Waals surface area contributed by atoms with Crippen LogP contribution in [-0.2, 0) is 30.5 Å². The van der Waals surface area contributed by atoms with Crippen LogP contribution in [0.2, 0.25) is 0 Å². The van der Waals surface area contributed by atoms with Crippen LogP contribution in [0.3, 0.4) is 0 Å². The predicted molar refractivity (Wildman–Crippen MR) is 151 cm³/mol. The van der Waals surface area contributed by atoms with Gasteiger partial charge in [0, 0.05) is 41.8 Å². The highest BCUT2D eigenvalue weighted by Gasteiger charge is 2.41. The number of aromatic nitrogens is 3. The third-order valence-electron chi connectivity index (χ3n) is 8.10. The molecule has 0 radical (unpaired) electrons. The van der Waals surface area contributed by atoms with Gasteiger partial charge in [-0.25, -0.2) is 4.79 Å². The maximum Gasteiger partial charge on any atom is 0.435 e. The van der Waals surface area contributed by atoms with Gasteiger partial charge in [0.25, 0.3) is 5.91 Å². The van der Waals surface area contributed by atoms with E-state index in [1.807, 2.05) is 26.8 Å². The third kappa shape index (κ3) is 5.07. The smallest absolute Gasteiger partial charge is 0.435 e. The lowest BCUT2D eigenvalue weighted by atomic mass is 9.91. The summed E-state index contributed by atoms with van der Waals surface area (Å²) in [5.41, 5.74) is 6.92. The van der Waals surface area contributed by atoms with Crippen LogP contribution in [-0.4, -0.2) is 48.9 Å². The fraction of sp³-hybridized carbons (Fsp3) is 0.469. The molecule has 3 aliphatic rings. The van der Waals surface area contributed by atoms with Crippen molar-refractivity contribution in [1.82, 2.24) is 19.2 Å². The van der Waals surface area contributed by atoms with Crippen molar-refractivity contribution in [3.63, 3.8) is 0 Å². The first-order valence-electron chi connectivity index (χ1n) is 14.3. The van der Waals surface area contributed by atoms with Gasteiger partial charge in [-0.1, -0.05) is 42.5 Å². The maximum atomic E-state index is 14.5. The van der Waals surface area contributed by atoms with Crippen LogP contribution >= 0.6 is 0 Å². The summed E-state index contributed by atoms with van der Waals surface area (Å²) in [4.78, 5) is 29.2. The first-order valence-corrected chi connectivity index (χ1v) is 14.3. The van der Waals surface area contributed by atoms with Crippen LogP contribution in [0.1, 0.15) is 90.6 Å². The van der Waals surface area contributed by atoms with Gasteiger partial charge in [-0.05, 0) is 83.8 Å². The van der Waals surface area contributed by atoms with Gasteiger partial charge in [-0.3, -0.25) is 4.79 Å². The van der Waals surface area contributed by atoms with Crippen molar-refractivity contribution in [3.05, 3.63) is 81.9 Å². The molecule has 7 nitrogen and oxygen atoms in total. The Bertz CT molecular complexity index is 1440. The number of carbonyl (C=O) groups is 2. The number of hydrogen-bond donors (Lipinski definition) is 0. The summed E-state index contributed by atoms with van der Waals surface area (Å²) in [6.45, 7) is 8.44. The fourth-order valence-electron chi connectivity index (χ4n) is 6.18. The van der Waals surface area contributed by atoms with Crippen molar-refractivity contribution >= 4 is 18.1 Å². The van der Waals surface area contributed by atoms with Crippen LogP contribution in [0.5, 0.6) is 0 Å². The van der Waals surface area contributed by atoms with Crippen molar-refractivity contribution < 1.29 is 14.3 Å². The highest BCUT2D eigenvalue weighted by atomic mass is 16.6. The van der Waals surface area contributed by atoms with Crippen molar-refractivity contribution in [2.45, 2.75) is 96.9 Å². The average molecular weight is 527 g/mol. The van der Waals surface area contributed by atoms with Gasteiger partial charge in [0.2, 0.25) is 0 Å². The molecule has 3 aliphatic carbocycles. The minimum Gasteiger partial charge on any atom is -0.442 e. The van der Waals surface area contributed by atoms with E-state index in [1.165, 1.54) is 15.9 Å². The van der Waals surface area contributed by atoms with E-state index in [0.29, 0.717) is 6.42 Å². The zero-order valence-electron chi connectivity index (χ0n) is 23.4. The topological polar surface area (TPSA) is 69.4 Å². The number of amides is 1. The molecule has 0 spiro atoms. The molecule has 6 rings (SSSR count). The largest absolute Gasteiger partial charge is 0.442 e. The van der Waals surface area contributed by atoms with Crippen LogP contribution in [0.15, 0.2) is 42.6 Å². The van der Waals surface area contributed by atoms with E-state index < -0.39 is 11.7 Å². The summed E-state index contributed by atoms with van der Waals surface area (Å²) in [5, 5.41) is 4.53. The number of rotatable bonds is 5. The minimum absolute atomic E-state index is 0.0916. The Hall–Kier alpha value is -3.61. The molecule has 1 atom stereocenters. The molecule has 7 heteroatoms. The standard InChI is InChI=1S/C32H38N4O3/c1-21-29(26-12-8-9-13-28(26)34(21)19-22-10-6-5-7-11-22)30(37)36(24-14-15-24)25-16-17-27-23(18-25)20-35(33-27)31(38)39-32(2,3)4/h5-8,10-12,20,24-25H,9,13-19H2,1-4H3. The molecular weight excluding hydrogens is 488 g/mol. The lowest BCUT2D eigenvalue weighted by Crippen LogP contribution is -2.45. The van der Waals surface area contributed by atoms with Gasteiger partial charge in [0.15, 0.2) is 0 Å². The van der Waals surface area contributed by atoms with Crippen LogP contribution in [0.25, 0.3) is 6.08 Å². The zero-order valence-corrected chi connectivity index (χ0v) is 23.4. The molecule has 39 heavy (non-hydrogen) atoms. The number of fused-ring (bicyclic) bond motifs is 2. The number of benzene rings is 1. The predicted octanol–water partition coefficient (Wildman–Crippen LogP) is 5.95. The second-order valence-corrected chi connectivity index (χ2v) is 12.2. The van der Waals surface area contributed by atoms with Crippen molar-refractivity contribution in [2.24, 2.45) is 0 Å². The second kappa shape index (κ2) is 9.85. The summed E-state index contributed by atoms with van der Waals surface area (Å²) < 4.78 is 9.21. The summed E-state index contributed by atoms with van der Waals surface area (Å²) in [6.07, 6.45) is 12.1. The SMILES string of the molecule is Cc1c(C(=O)N(C2CC2)C2CCc3nn(C(=O)OC(C)(C)C)cc3C2)c2c(n1Cc1ccccc1)CCC=C2. The van der Waals surface area contributed by atoms with Gasteiger partial charge < -0.3 is 14.2 Å². The van der Waals surface area contributed by atoms with Gasteiger partial charge in [-0.2, -0.15) is 9.78 Å². The van der Waals surface area contributed by atoms with Gasteiger partial charge in [0.05, 0.1) is 11.3 Å². The number of allylic oxidation sites excluding steroid dienone is 1. The fourth-order valence-corrected chi connectivity index (χ4v) is 6.18. The number of aryl methyl sites for hydroxylation is 1. The first kappa shape index (κ1) is 25.7. The summed E-state index contributed by atoms with van der Waals surface area (Å²) in [6, 6.07) is 10.9. The molecule has 1 amide bonds. The molecule has 2 heterocycles. The average Bonchev–Trinajstić information content (AvgIpc) is 3.57. The highest BCUT2D eigenvalue weighted by Crippen LogP contribution is 2.38. The number of nitrogens with zero attached hydrogens (tertiary/aromatic N) is 4. The lowest BCUT2D eigenvalue weighted by Gasteiger charge is -2.34. The van der Waals surface area contributed by atoms with E-state index in [9.17, 15) is 9.59 Å². The minimum atomic E-state index is -0.580. The third-order valence-corrected chi connectivity index (χ3v) is 8.10. The zero-order chi connectivity index (χ0) is 27.3. The lowest BCUT2D eigenvalue weighted by molar-refractivity contribution is 0.0513. The Labute approximate surface area is 230 Å². The Morgan fingerprint density at radius 2 is 1.85 bits per heavy atom. The number of carbonyl (C=O) groups excluding carboxylic acids is 2. The Morgan fingerprint density at radius 3 is 2.56 bits per heavy atom. The van der Waals surface area contributed by atoms with E-state index in [2.05, 4.69) is 57.9 Å². The van der Waals surface area contributed by atoms with Gasteiger partial charge in [-0.15, -0.1) is 0 Å². The molecule has 1 aromatic carbocycles. The molecule has 1 saturated carbocycles. The summed E-state index contributed by atoms with van der Waals surface area (Å²) >= 11 is 0. The molecule has 2 aromatic heterocycles. The van der Waals surface area contributed by atoms with Crippen molar-refractivity contribution in [1.29, 1.82) is 0 Å². The molecule has 1 fully saturated rings.